The van der Waals surface area contributed by atoms with Gasteiger partial charge in [0.15, 0.2) is 5.76 Å². The van der Waals surface area contributed by atoms with E-state index in [-0.39, 0.29) is 11.9 Å². The molecule has 2 rings (SSSR count). The molecule has 0 aromatic carbocycles. The first kappa shape index (κ1) is 9.27. The molecule has 1 atom stereocenters. The number of likely N-dealkylation sites (tertiary alicyclic amines) is 1. The lowest BCUT2D eigenvalue weighted by atomic mass is 10.3. The van der Waals surface area contributed by atoms with Crippen molar-refractivity contribution in [3.8, 4) is 0 Å². The summed E-state index contributed by atoms with van der Waals surface area (Å²) in [5, 5.41) is 0. The number of hydrogen-bond acceptors (Lipinski definition) is 3. The second-order valence-corrected chi connectivity index (χ2v) is 3.71. The summed E-state index contributed by atoms with van der Waals surface area (Å²) in [5.41, 5.74) is 5.72. The highest BCUT2D eigenvalue weighted by molar-refractivity contribution is 5.91. The van der Waals surface area contributed by atoms with Crippen molar-refractivity contribution in [3.63, 3.8) is 0 Å². The molecule has 2 N–H and O–H groups in total. The minimum atomic E-state index is -0.0500. The third-order valence-corrected chi connectivity index (χ3v) is 2.46. The maximum atomic E-state index is 11.8. The van der Waals surface area contributed by atoms with E-state index < -0.39 is 0 Å². The van der Waals surface area contributed by atoms with E-state index in [4.69, 9.17) is 10.2 Å². The smallest absolute Gasteiger partial charge is 0.289 e. The van der Waals surface area contributed by atoms with Crippen LogP contribution >= 0.6 is 0 Å². The van der Waals surface area contributed by atoms with Gasteiger partial charge >= 0.3 is 0 Å². The minimum absolute atomic E-state index is 0.0500. The molecule has 0 bridgehead atoms. The maximum Gasteiger partial charge on any atom is 0.289 e. The zero-order valence-corrected chi connectivity index (χ0v) is 8.19. The molecular formula is C10H14N2O2. The van der Waals surface area contributed by atoms with Gasteiger partial charge in [0.05, 0.1) is 0 Å². The summed E-state index contributed by atoms with van der Waals surface area (Å²) in [5.74, 6) is 1.12. The van der Waals surface area contributed by atoms with E-state index in [0.29, 0.717) is 12.3 Å². The van der Waals surface area contributed by atoms with Crippen LogP contribution in [-0.4, -0.2) is 29.9 Å². The number of hydrogen-bond donors (Lipinski definition) is 1. The Morgan fingerprint density at radius 1 is 1.64 bits per heavy atom. The predicted molar refractivity (Wildman–Crippen MR) is 51.9 cm³/mol. The number of carbonyl (C=O) groups is 1. The molecule has 4 heteroatoms. The lowest BCUT2D eigenvalue weighted by Gasteiger charge is -2.13. The van der Waals surface area contributed by atoms with E-state index >= 15 is 0 Å². The molecule has 1 fully saturated rings. The summed E-state index contributed by atoms with van der Waals surface area (Å²) < 4.78 is 5.26. The number of furan rings is 1. The van der Waals surface area contributed by atoms with Crippen LogP contribution in [0.4, 0.5) is 0 Å². The Balaban J connectivity index is 2.09. The Labute approximate surface area is 82.7 Å². The Kier molecular flexibility index (Phi) is 2.29. The quantitative estimate of drug-likeness (QED) is 0.718. The molecule has 1 saturated heterocycles. The van der Waals surface area contributed by atoms with E-state index in [1.165, 1.54) is 0 Å². The fraction of sp³-hybridized carbons (Fsp3) is 0.500. The lowest BCUT2D eigenvalue weighted by molar-refractivity contribution is 0.0758. The molecule has 4 nitrogen and oxygen atoms in total. The molecule has 0 aliphatic carbocycles. The minimum Gasteiger partial charge on any atom is -0.456 e. The molecule has 1 amide bonds. The Morgan fingerprint density at radius 2 is 2.43 bits per heavy atom. The van der Waals surface area contributed by atoms with Crippen molar-refractivity contribution >= 4 is 5.91 Å². The fourth-order valence-electron chi connectivity index (χ4n) is 1.68. The Bertz CT molecular complexity index is 346. The zero-order valence-electron chi connectivity index (χ0n) is 8.19. The number of nitrogens with two attached hydrogens (primary N) is 1. The number of amides is 1. The average molecular weight is 194 g/mol. The van der Waals surface area contributed by atoms with Crippen LogP contribution in [0.2, 0.25) is 0 Å². The van der Waals surface area contributed by atoms with Crippen LogP contribution in [0.5, 0.6) is 0 Å². The Morgan fingerprint density at radius 3 is 2.93 bits per heavy atom. The number of nitrogens with zero attached hydrogens (tertiary/aromatic N) is 1. The number of carbonyl (C=O) groups excluding carboxylic acids is 1. The SMILES string of the molecule is Cc1ccc(C(=O)N2CC[C@H](N)C2)o1. The molecule has 0 unspecified atom stereocenters. The zero-order chi connectivity index (χ0) is 10.1. The van der Waals surface area contributed by atoms with Gasteiger partial charge in [-0.1, -0.05) is 0 Å². The summed E-state index contributed by atoms with van der Waals surface area (Å²) >= 11 is 0. The summed E-state index contributed by atoms with van der Waals surface area (Å²) in [4.78, 5) is 13.5. The van der Waals surface area contributed by atoms with Crippen LogP contribution < -0.4 is 5.73 Å². The van der Waals surface area contributed by atoms with Gasteiger partial charge in [0.25, 0.3) is 5.91 Å². The fourth-order valence-corrected chi connectivity index (χ4v) is 1.68. The molecule has 76 valence electrons. The molecule has 1 aliphatic rings. The van der Waals surface area contributed by atoms with Crippen molar-refractivity contribution in [3.05, 3.63) is 23.7 Å². The van der Waals surface area contributed by atoms with Crippen LogP contribution in [0.25, 0.3) is 0 Å². The summed E-state index contributed by atoms with van der Waals surface area (Å²) in [6.07, 6.45) is 0.880. The van der Waals surface area contributed by atoms with Crippen molar-refractivity contribution < 1.29 is 9.21 Å². The molecule has 0 spiro atoms. The van der Waals surface area contributed by atoms with E-state index in [2.05, 4.69) is 0 Å². The van der Waals surface area contributed by atoms with Crippen LogP contribution in [0.3, 0.4) is 0 Å². The average Bonchev–Trinajstić information content (AvgIpc) is 2.73. The molecule has 0 radical (unpaired) electrons. The second kappa shape index (κ2) is 3.46. The Hall–Kier alpha value is -1.29. The van der Waals surface area contributed by atoms with Crippen molar-refractivity contribution in [2.24, 2.45) is 5.73 Å². The van der Waals surface area contributed by atoms with Gasteiger partial charge in [-0.2, -0.15) is 0 Å². The molecule has 1 aromatic heterocycles. The van der Waals surface area contributed by atoms with Gasteiger partial charge in [-0.3, -0.25) is 4.79 Å². The van der Waals surface area contributed by atoms with Crippen molar-refractivity contribution in [1.29, 1.82) is 0 Å². The molecule has 14 heavy (non-hydrogen) atoms. The van der Waals surface area contributed by atoms with Gasteiger partial charge in [-0.25, -0.2) is 0 Å². The molecule has 1 aliphatic heterocycles. The van der Waals surface area contributed by atoms with Gasteiger partial charge in [0.2, 0.25) is 0 Å². The highest BCUT2D eigenvalue weighted by Gasteiger charge is 2.26. The van der Waals surface area contributed by atoms with E-state index in [9.17, 15) is 4.79 Å². The van der Waals surface area contributed by atoms with Gasteiger partial charge in [0, 0.05) is 19.1 Å². The van der Waals surface area contributed by atoms with Gasteiger partial charge in [-0.15, -0.1) is 0 Å². The summed E-state index contributed by atoms with van der Waals surface area (Å²) in [6, 6.07) is 3.63. The maximum absolute atomic E-state index is 11.8. The normalized spacial score (nSPS) is 21.6. The third kappa shape index (κ3) is 1.65. The number of aryl methyl sites for hydroxylation is 1. The van der Waals surface area contributed by atoms with Crippen LogP contribution in [0.1, 0.15) is 22.7 Å². The topological polar surface area (TPSA) is 59.5 Å². The van der Waals surface area contributed by atoms with Crippen molar-refractivity contribution in [1.82, 2.24) is 4.90 Å². The lowest BCUT2D eigenvalue weighted by Crippen LogP contribution is -2.31. The largest absolute Gasteiger partial charge is 0.456 e. The first-order valence-electron chi connectivity index (χ1n) is 4.78. The number of rotatable bonds is 1. The highest BCUT2D eigenvalue weighted by atomic mass is 16.3. The van der Waals surface area contributed by atoms with Gasteiger partial charge in [0.1, 0.15) is 5.76 Å². The van der Waals surface area contributed by atoms with Crippen LogP contribution in [0.15, 0.2) is 16.5 Å². The van der Waals surface area contributed by atoms with E-state index in [1.54, 1.807) is 17.0 Å². The van der Waals surface area contributed by atoms with Gasteiger partial charge < -0.3 is 15.1 Å². The van der Waals surface area contributed by atoms with Crippen LogP contribution in [0, 0.1) is 6.92 Å². The molecule has 2 heterocycles. The van der Waals surface area contributed by atoms with Crippen molar-refractivity contribution in [2.75, 3.05) is 13.1 Å². The van der Waals surface area contributed by atoms with Crippen molar-refractivity contribution in [2.45, 2.75) is 19.4 Å². The summed E-state index contributed by atoms with van der Waals surface area (Å²) in [7, 11) is 0. The molecular weight excluding hydrogens is 180 g/mol. The first-order chi connectivity index (χ1) is 6.66. The summed E-state index contributed by atoms with van der Waals surface area (Å²) in [6.45, 7) is 3.20. The molecule has 0 saturated carbocycles. The highest BCUT2D eigenvalue weighted by Crippen LogP contribution is 2.14. The predicted octanol–water partition coefficient (Wildman–Crippen LogP) is 0.761. The van der Waals surface area contributed by atoms with E-state index in [1.807, 2.05) is 6.92 Å². The third-order valence-electron chi connectivity index (χ3n) is 2.46. The monoisotopic (exact) mass is 194 g/mol. The van der Waals surface area contributed by atoms with Crippen LogP contribution in [-0.2, 0) is 0 Å². The van der Waals surface area contributed by atoms with E-state index in [0.717, 1.165) is 18.7 Å². The molecule has 1 aromatic rings. The standard InChI is InChI=1S/C10H14N2O2/c1-7-2-3-9(14-7)10(13)12-5-4-8(11)6-12/h2-3,8H,4-6,11H2,1H3/t8-/m0/s1. The second-order valence-electron chi connectivity index (χ2n) is 3.71. The first-order valence-corrected chi connectivity index (χ1v) is 4.78. The van der Waals surface area contributed by atoms with Gasteiger partial charge in [-0.05, 0) is 25.5 Å².